The van der Waals surface area contributed by atoms with Crippen LogP contribution in [0.3, 0.4) is 0 Å². The van der Waals surface area contributed by atoms with E-state index in [1.165, 1.54) is 12.4 Å². The van der Waals surface area contributed by atoms with Gasteiger partial charge in [0.25, 0.3) is 0 Å². The number of anilines is 2. The third kappa shape index (κ3) is 2.75. The molecule has 0 saturated heterocycles. The number of halogens is 1. The summed E-state index contributed by atoms with van der Waals surface area (Å²) in [5.74, 6) is -0.425. The Morgan fingerprint density at radius 3 is 2.72 bits per heavy atom. The molecule has 0 aliphatic rings. The number of hydrogen-bond donors (Lipinski definition) is 2. The number of benzene rings is 1. The van der Waals surface area contributed by atoms with Gasteiger partial charge in [-0.1, -0.05) is 11.6 Å². The van der Waals surface area contributed by atoms with E-state index in [9.17, 15) is 4.79 Å². The molecule has 18 heavy (non-hydrogen) atoms. The molecule has 0 aliphatic carbocycles. The maximum Gasteiger partial charge on any atom is 0.337 e. The van der Waals surface area contributed by atoms with Gasteiger partial charge in [0.05, 0.1) is 10.6 Å². The van der Waals surface area contributed by atoms with Crippen molar-refractivity contribution < 1.29 is 9.90 Å². The van der Waals surface area contributed by atoms with Gasteiger partial charge in [0.2, 0.25) is 0 Å². The molecule has 1 aromatic carbocycles. The first-order chi connectivity index (χ1) is 8.56. The van der Waals surface area contributed by atoms with Crippen LogP contribution in [0.4, 0.5) is 11.5 Å². The molecule has 1 aromatic heterocycles. The van der Waals surface area contributed by atoms with Crippen molar-refractivity contribution in [2.24, 2.45) is 0 Å². The molecule has 92 valence electrons. The van der Waals surface area contributed by atoms with Crippen LogP contribution < -0.4 is 5.32 Å². The standard InChI is InChI=1S/C12H10ClN3O2/c1-7-4-11(15-6-14-7)16-8-2-3-9(12(17)18)10(13)5-8/h2-6H,1H3,(H,17,18)(H,14,15,16). The summed E-state index contributed by atoms with van der Waals surface area (Å²) in [5.41, 5.74) is 1.57. The van der Waals surface area contributed by atoms with Gasteiger partial charge < -0.3 is 10.4 Å². The van der Waals surface area contributed by atoms with Gasteiger partial charge in [0.15, 0.2) is 0 Å². The first-order valence-corrected chi connectivity index (χ1v) is 5.52. The molecule has 0 saturated carbocycles. The van der Waals surface area contributed by atoms with Gasteiger partial charge in [0, 0.05) is 17.4 Å². The van der Waals surface area contributed by atoms with Crippen molar-refractivity contribution in [3.05, 3.63) is 46.9 Å². The summed E-state index contributed by atoms with van der Waals surface area (Å²) in [4.78, 5) is 18.8. The zero-order valence-corrected chi connectivity index (χ0v) is 10.3. The number of carbonyl (C=O) groups is 1. The lowest BCUT2D eigenvalue weighted by Gasteiger charge is -2.07. The van der Waals surface area contributed by atoms with Crippen molar-refractivity contribution in [1.82, 2.24) is 9.97 Å². The Morgan fingerprint density at radius 2 is 2.11 bits per heavy atom. The first-order valence-electron chi connectivity index (χ1n) is 5.15. The number of hydrogen-bond acceptors (Lipinski definition) is 4. The minimum absolute atomic E-state index is 0.0704. The highest BCUT2D eigenvalue weighted by atomic mass is 35.5. The fourth-order valence-electron chi connectivity index (χ4n) is 1.44. The van der Waals surface area contributed by atoms with Crippen LogP contribution in [-0.2, 0) is 0 Å². The van der Waals surface area contributed by atoms with E-state index >= 15 is 0 Å². The van der Waals surface area contributed by atoms with Gasteiger partial charge in [-0.05, 0) is 25.1 Å². The highest BCUT2D eigenvalue weighted by Gasteiger charge is 2.09. The molecule has 0 fully saturated rings. The number of nitrogens with zero attached hydrogens (tertiary/aromatic N) is 2. The lowest BCUT2D eigenvalue weighted by molar-refractivity contribution is 0.0697. The van der Waals surface area contributed by atoms with Crippen LogP contribution in [-0.4, -0.2) is 21.0 Å². The van der Waals surface area contributed by atoms with Crippen molar-refractivity contribution in [1.29, 1.82) is 0 Å². The summed E-state index contributed by atoms with van der Waals surface area (Å²) in [7, 11) is 0. The lowest BCUT2D eigenvalue weighted by Crippen LogP contribution is -1.99. The van der Waals surface area contributed by atoms with Crippen LogP contribution in [0.1, 0.15) is 16.1 Å². The molecular formula is C12H10ClN3O2. The number of aromatic nitrogens is 2. The second-order valence-electron chi connectivity index (χ2n) is 3.67. The monoisotopic (exact) mass is 263 g/mol. The first kappa shape index (κ1) is 12.3. The molecule has 0 bridgehead atoms. The number of aromatic carboxylic acids is 1. The van der Waals surface area contributed by atoms with Crippen LogP contribution in [0, 0.1) is 6.92 Å². The Labute approximate surface area is 108 Å². The van der Waals surface area contributed by atoms with E-state index in [0.717, 1.165) is 5.69 Å². The quantitative estimate of drug-likeness (QED) is 0.891. The second-order valence-corrected chi connectivity index (χ2v) is 4.08. The van der Waals surface area contributed by atoms with E-state index in [1.807, 2.05) is 6.92 Å². The highest BCUT2D eigenvalue weighted by molar-refractivity contribution is 6.33. The Morgan fingerprint density at radius 1 is 1.33 bits per heavy atom. The number of carboxylic acid groups (broad SMARTS) is 1. The van der Waals surface area contributed by atoms with Crippen LogP contribution in [0.25, 0.3) is 0 Å². The minimum Gasteiger partial charge on any atom is -0.478 e. The van der Waals surface area contributed by atoms with Gasteiger partial charge in [-0.3, -0.25) is 0 Å². The number of aryl methyl sites for hydroxylation is 1. The Bertz CT molecular complexity index is 602. The molecule has 0 radical (unpaired) electrons. The van der Waals surface area contributed by atoms with Gasteiger partial charge in [-0.2, -0.15) is 0 Å². The van der Waals surface area contributed by atoms with E-state index in [0.29, 0.717) is 11.5 Å². The third-order valence-corrected chi connectivity index (χ3v) is 2.59. The van der Waals surface area contributed by atoms with Crippen molar-refractivity contribution >= 4 is 29.1 Å². The summed E-state index contributed by atoms with van der Waals surface area (Å²) in [6.45, 7) is 1.85. The fourth-order valence-corrected chi connectivity index (χ4v) is 1.70. The topological polar surface area (TPSA) is 75.1 Å². The van der Waals surface area contributed by atoms with Crippen molar-refractivity contribution in [3.8, 4) is 0 Å². The maximum atomic E-state index is 10.8. The van der Waals surface area contributed by atoms with Gasteiger partial charge >= 0.3 is 5.97 Å². The Balaban J connectivity index is 2.25. The van der Waals surface area contributed by atoms with Crippen molar-refractivity contribution in [2.45, 2.75) is 6.92 Å². The smallest absolute Gasteiger partial charge is 0.337 e. The normalized spacial score (nSPS) is 10.1. The second kappa shape index (κ2) is 5.01. The summed E-state index contributed by atoms with van der Waals surface area (Å²) in [5, 5.41) is 12.1. The minimum atomic E-state index is -1.05. The fraction of sp³-hybridized carbons (Fsp3) is 0.0833. The van der Waals surface area contributed by atoms with E-state index < -0.39 is 5.97 Å². The number of nitrogens with one attached hydrogen (secondary N) is 1. The van der Waals surface area contributed by atoms with Crippen LogP contribution in [0.2, 0.25) is 5.02 Å². The maximum absolute atomic E-state index is 10.8. The average Bonchev–Trinajstić information content (AvgIpc) is 2.28. The summed E-state index contributed by atoms with van der Waals surface area (Å²) in [6, 6.07) is 6.40. The van der Waals surface area contributed by atoms with E-state index in [1.54, 1.807) is 18.2 Å². The van der Waals surface area contributed by atoms with Crippen molar-refractivity contribution in [3.63, 3.8) is 0 Å². The van der Waals surface area contributed by atoms with Gasteiger partial charge in [0.1, 0.15) is 12.1 Å². The Hall–Kier alpha value is -2.14. The number of carboxylic acids is 1. The predicted octanol–water partition coefficient (Wildman–Crippen LogP) is 2.88. The highest BCUT2D eigenvalue weighted by Crippen LogP contribution is 2.23. The summed E-state index contributed by atoms with van der Waals surface area (Å²) >= 11 is 5.87. The average molecular weight is 264 g/mol. The molecule has 1 heterocycles. The lowest BCUT2D eigenvalue weighted by atomic mass is 10.2. The van der Waals surface area contributed by atoms with Gasteiger partial charge in [-0.25, -0.2) is 14.8 Å². The molecule has 0 unspecified atom stereocenters. The van der Waals surface area contributed by atoms with Crippen LogP contribution >= 0.6 is 11.6 Å². The molecule has 2 rings (SSSR count). The van der Waals surface area contributed by atoms with E-state index in [-0.39, 0.29) is 10.6 Å². The molecule has 2 N–H and O–H groups in total. The molecular weight excluding hydrogens is 254 g/mol. The molecule has 2 aromatic rings. The molecule has 0 spiro atoms. The SMILES string of the molecule is Cc1cc(Nc2ccc(C(=O)O)c(Cl)c2)ncn1. The molecule has 0 aliphatic heterocycles. The summed E-state index contributed by atoms with van der Waals surface area (Å²) in [6.07, 6.45) is 1.45. The molecule has 0 amide bonds. The Kier molecular flexibility index (Phi) is 3.43. The van der Waals surface area contributed by atoms with Crippen LogP contribution in [0.15, 0.2) is 30.6 Å². The largest absolute Gasteiger partial charge is 0.478 e. The van der Waals surface area contributed by atoms with Crippen molar-refractivity contribution in [2.75, 3.05) is 5.32 Å². The predicted molar refractivity (Wildman–Crippen MR) is 68.5 cm³/mol. The molecule has 5 nitrogen and oxygen atoms in total. The van der Waals surface area contributed by atoms with Crippen LogP contribution in [0.5, 0.6) is 0 Å². The summed E-state index contributed by atoms with van der Waals surface area (Å²) < 4.78 is 0. The molecule has 6 heteroatoms. The van der Waals surface area contributed by atoms with E-state index in [4.69, 9.17) is 16.7 Å². The zero-order valence-electron chi connectivity index (χ0n) is 9.51. The zero-order chi connectivity index (χ0) is 13.1. The molecule has 0 atom stereocenters. The van der Waals surface area contributed by atoms with E-state index in [2.05, 4.69) is 15.3 Å². The number of rotatable bonds is 3. The third-order valence-electron chi connectivity index (χ3n) is 2.28. The van der Waals surface area contributed by atoms with Gasteiger partial charge in [-0.15, -0.1) is 0 Å².